The van der Waals surface area contributed by atoms with E-state index in [1.54, 1.807) is 6.07 Å². The lowest BCUT2D eigenvalue weighted by Gasteiger charge is -2.15. The number of benzene rings is 2. The second-order valence-corrected chi connectivity index (χ2v) is 5.22. The van der Waals surface area contributed by atoms with E-state index in [4.69, 9.17) is 22.1 Å². The third-order valence-corrected chi connectivity index (χ3v) is 3.22. The average Bonchev–Trinajstić information content (AvgIpc) is 2.41. The van der Waals surface area contributed by atoms with E-state index in [0.717, 1.165) is 11.1 Å². The molecule has 0 unspecified atom stereocenters. The number of hydrogen-bond acceptors (Lipinski definition) is 2. The molecule has 0 aromatic heterocycles. The van der Waals surface area contributed by atoms with Gasteiger partial charge in [-0.3, -0.25) is 0 Å². The summed E-state index contributed by atoms with van der Waals surface area (Å²) >= 11 is 6.17. The topological polar surface area (TPSA) is 35.2 Å². The molecule has 0 heterocycles. The Morgan fingerprint density at radius 1 is 1.15 bits per heavy atom. The van der Waals surface area contributed by atoms with Crippen LogP contribution >= 0.6 is 11.6 Å². The molecular weight excluding hydrogens is 277 g/mol. The van der Waals surface area contributed by atoms with Crippen molar-refractivity contribution in [3.05, 3.63) is 52.8 Å². The number of rotatable bonds is 4. The molecule has 2 N–H and O–H groups in total. The molecule has 2 rings (SSSR count). The van der Waals surface area contributed by atoms with Gasteiger partial charge in [-0.2, -0.15) is 0 Å². The minimum absolute atomic E-state index is 0.0644. The van der Waals surface area contributed by atoms with E-state index in [2.05, 4.69) is 0 Å². The SMILES string of the molecule is CC(C)Oc1ccc(CN)c(-c2cc(F)ccc2Cl)c1. The normalized spacial score (nSPS) is 10.9. The van der Waals surface area contributed by atoms with E-state index >= 15 is 0 Å². The van der Waals surface area contributed by atoms with Crippen molar-refractivity contribution in [3.63, 3.8) is 0 Å². The maximum Gasteiger partial charge on any atom is 0.123 e. The van der Waals surface area contributed by atoms with Crippen LogP contribution in [-0.2, 0) is 6.54 Å². The first kappa shape index (κ1) is 14.8. The fourth-order valence-corrected chi connectivity index (χ4v) is 2.25. The van der Waals surface area contributed by atoms with Crippen LogP contribution in [0.2, 0.25) is 5.02 Å². The Labute approximate surface area is 123 Å². The monoisotopic (exact) mass is 293 g/mol. The van der Waals surface area contributed by atoms with Gasteiger partial charge in [0.1, 0.15) is 11.6 Å². The zero-order valence-corrected chi connectivity index (χ0v) is 12.2. The zero-order valence-electron chi connectivity index (χ0n) is 11.5. The minimum Gasteiger partial charge on any atom is -0.491 e. The highest BCUT2D eigenvalue weighted by Gasteiger charge is 2.11. The molecule has 20 heavy (non-hydrogen) atoms. The Balaban J connectivity index is 2.55. The molecule has 0 bridgehead atoms. The number of nitrogens with two attached hydrogens (primary N) is 1. The van der Waals surface area contributed by atoms with E-state index in [0.29, 0.717) is 22.9 Å². The average molecular weight is 294 g/mol. The molecule has 0 radical (unpaired) electrons. The van der Waals surface area contributed by atoms with E-state index in [9.17, 15) is 4.39 Å². The van der Waals surface area contributed by atoms with Crippen molar-refractivity contribution in [2.24, 2.45) is 5.73 Å². The molecule has 0 saturated carbocycles. The predicted octanol–water partition coefficient (Wildman–Crippen LogP) is 4.39. The highest BCUT2D eigenvalue weighted by molar-refractivity contribution is 6.33. The van der Waals surface area contributed by atoms with Gasteiger partial charge in [0.05, 0.1) is 6.10 Å². The molecule has 0 fully saturated rings. The van der Waals surface area contributed by atoms with E-state index in [1.807, 2.05) is 32.0 Å². The van der Waals surface area contributed by atoms with Crippen LogP contribution in [0.15, 0.2) is 36.4 Å². The van der Waals surface area contributed by atoms with Crippen LogP contribution in [0.5, 0.6) is 5.75 Å². The molecule has 2 aromatic carbocycles. The quantitative estimate of drug-likeness (QED) is 0.907. The Morgan fingerprint density at radius 2 is 1.90 bits per heavy atom. The second kappa shape index (κ2) is 6.25. The van der Waals surface area contributed by atoms with Crippen molar-refractivity contribution in [3.8, 4) is 16.9 Å². The van der Waals surface area contributed by atoms with Gasteiger partial charge in [0, 0.05) is 17.1 Å². The van der Waals surface area contributed by atoms with Crippen molar-refractivity contribution in [1.29, 1.82) is 0 Å². The van der Waals surface area contributed by atoms with Crippen LogP contribution in [-0.4, -0.2) is 6.10 Å². The third kappa shape index (κ3) is 3.30. The van der Waals surface area contributed by atoms with Crippen LogP contribution in [0.4, 0.5) is 4.39 Å². The van der Waals surface area contributed by atoms with E-state index < -0.39 is 0 Å². The fraction of sp³-hybridized carbons (Fsp3) is 0.250. The summed E-state index contributed by atoms with van der Waals surface area (Å²) in [6.07, 6.45) is 0.0644. The summed E-state index contributed by atoms with van der Waals surface area (Å²) < 4.78 is 19.1. The van der Waals surface area contributed by atoms with Crippen LogP contribution in [0, 0.1) is 5.82 Å². The molecule has 0 spiro atoms. The molecule has 0 aliphatic heterocycles. The van der Waals surface area contributed by atoms with Crippen molar-refractivity contribution in [1.82, 2.24) is 0 Å². The molecule has 0 aliphatic rings. The summed E-state index contributed by atoms with van der Waals surface area (Å²) in [6.45, 7) is 4.25. The molecular formula is C16H17ClFNO. The third-order valence-electron chi connectivity index (χ3n) is 2.89. The summed E-state index contributed by atoms with van der Waals surface area (Å²) in [7, 11) is 0. The Morgan fingerprint density at radius 3 is 2.55 bits per heavy atom. The molecule has 0 saturated heterocycles. The summed E-state index contributed by atoms with van der Waals surface area (Å²) in [5, 5.41) is 0.489. The van der Waals surface area contributed by atoms with Crippen LogP contribution in [0.3, 0.4) is 0 Å². The van der Waals surface area contributed by atoms with E-state index in [1.165, 1.54) is 12.1 Å². The summed E-state index contributed by atoms with van der Waals surface area (Å²) in [4.78, 5) is 0. The summed E-state index contributed by atoms with van der Waals surface area (Å²) in [5.74, 6) is 0.384. The molecule has 106 valence electrons. The van der Waals surface area contributed by atoms with Crippen LogP contribution < -0.4 is 10.5 Å². The Kier molecular flexibility index (Phi) is 4.63. The maximum absolute atomic E-state index is 13.5. The zero-order chi connectivity index (χ0) is 14.7. The van der Waals surface area contributed by atoms with Gasteiger partial charge < -0.3 is 10.5 Å². The van der Waals surface area contributed by atoms with Gasteiger partial charge >= 0.3 is 0 Å². The molecule has 0 amide bonds. The van der Waals surface area contributed by atoms with Gasteiger partial charge in [0.2, 0.25) is 0 Å². The molecule has 2 nitrogen and oxygen atoms in total. The standard InChI is InChI=1S/C16H17ClFNO/c1-10(2)20-13-5-3-11(9-19)14(8-13)15-7-12(18)4-6-16(15)17/h3-8,10H,9,19H2,1-2H3. The lowest BCUT2D eigenvalue weighted by atomic mass is 9.99. The first-order valence-corrected chi connectivity index (χ1v) is 6.84. The first-order valence-electron chi connectivity index (χ1n) is 6.46. The predicted molar refractivity (Wildman–Crippen MR) is 80.5 cm³/mol. The van der Waals surface area contributed by atoms with Crippen molar-refractivity contribution in [2.75, 3.05) is 0 Å². The number of ether oxygens (including phenoxy) is 1. The van der Waals surface area contributed by atoms with Gasteiger partial charge in [0.15, 0.2) is 0 Å². The maximum atomic E-state index is 13.5. The van der Waals surface area contributed by atoms with Gasteiger partial charge in [-0.15, -0.1) is 0 Å². The van der Waals surface area contributed by atoms with Crippen molar-refractivity contribution < 1.29 is 9.13 Å². The highest BCUT2D eigenvalue weighted by atomic mass is 35.5. The Hall–Kier alpha value is -1.58. The second-order valence-electron chi connectivity index (χ2n) is 4.81. The van der Waals surface area contributed by atoms with E-state index in [-0.39, 0.29) is 11.9 Å². The fourth-order valence-electron chi connectivity index (χ4n) is 2.03. The number of halogens is 2. The van der Waals surface area contributed by atoms with Gasteiger partial charge in [0.25, 0.3) is 0 Å². The van der Waals surface area contributed by atoms with Gasteiger partial charge in [-0.25, -0.2) is 4.39 Å². The molecule has 4 heteroatoms. The molecule has 0 atom stereocenters. The highest BCUT2D eigenvalue weighted by Crippen LogP contribution is 2.33. The lowest BCUT2D eigenvalue weighted by molar-refractivity contribution is 0.242. The summed E-state index contributed by atoms with van der Waals surface area (Å²) in [6, 6.07) is 9.89. The molecule has 0 aliphatic carbocycles. The van der Waals surface area contributed by atoms with Crippen LogP contribution in [0.1, 0.15) is 19.4 Å². The van der Waals surface area contributed by atoms with Gasteiger partial charge in [-0.1, -0.05) is 17.7 Å². The number of hydrogen-bond donors (Lipinski definition) is 1. The van der Waals surface area contributed by atoms with Crippen molar-refractivity contribution in [2.45, 2.75) is 26.5 Å². The molecule has 2 aromatic rings. The summed E-state index contributed by atoms with van der Waals surface area (Å²) in [5.41, 5.74) is 8.07. The minimum atomic E-state index is -0.331. The Bertz CT molecular complexity index is 613. The smallest absolute Gasteiger partial charge is 0.123 e. The van der Waals surface area contributed by atoms with Crippen LogP contribution in [0.25, 0.3) is 11.1 Å². The largest absolute Gasteiger partial charge is 0.491 e. The first-order chi connectivity index (χ1) is 9.51. The lowest BCUT2D eigenvalue weighted by Crippen LogP contribution is -2.06. The van der Waals surface area contributed by atoms with Crippen molar-refractivity contribution >= 4 is 11.6 Å². The van der Waals surface area contributed by atoms with Gasteiger partial charge in [-0.05, 0) is 55.3 Å².